The van der Waals surface area contributed by atoms with E-state index in [1.807, 2.05) is 13.0 Å². The van der Waals surface area contributed by atoms with Crippen molar-refractivity contribution in [3.63, 3.8) is 0 Å². The number of hydrogen-bond donors (Lipinski definition) is 2. The smallest absolute Gasteiger partial charge is 0.115 e. The van der Waals surface area contributed by atoms with Gasteiger partial charge in [0.25, 0.3) is 0 Å². The van der Waals surface area contributed by atoms with Crippen LogP contribution in [0.3, 0.4) is 0 Å². The van der Waals surface area contributed by atoms with E-state index in [1.54, 1.807) is 12.1 Å². The van der Waals surface area contributed by atoms with Crippen LogP contribution in [0.2, 0.25) is 0 Å². The molecule has 1 aliphatic rings. The molecule has 3 N–H and O–H groups in total. The first-order valence-electron chi connectivity index (χ1n) is 4.96. The Labute approximate surface area is 96.9 Å². The molecule has 1 aromatic carbocycles. The zero-order chi connectivity index (χ0) is 10.6. The average Bonchev–Trinajstić information content (AvgIpc) is 2.22. The fraction of sp³-hybridized carbons (Fsp3) is 0.500. The third-order valence-corrected chi connectivity index (χ3v) is 3.69. The predicted octanol–water partition coefficient (Wildman–Crippen LogP) is 2.57. The van der Waals surface area contributed by atoms with Crippen LogP contribution in [0.4, 0.5) is 0 Å². The van der Waals surface area contributed by atoms with Crippen LogP contribution in [-0.2, 0) is 12.0 Å². The first kappa shape index (κ1) is 12.3. The van der Waals surface area contributed by atoms with Crippen LogP contribution < -0.4 is 5.73 Å². The van der Waals surface area contributed by atoms with Crippen molar-refractivity contribution >= 4 is 12.4 Å². The van der Waals surface area contributed by atoms with Gasteiger partial charge in [0.15, 0.2) is 0 Å². The van der Waals surface area contributed by atoms with Crippen molar-refractivity contribution in [3.05, 3.63) is 29.3 Å². The third kappa shape index (κ3) is 1.62. The molecule has 0 aliphatic heterocycles. The summed E-state index contributed by atoms with van der Waals surface area (Å²) in [5.41, 5.74) is 8.38. The molecule has 1 unspecified atom stereocenters. The van der Waals surface area contributed by atoms with E-state index in [-0.39, 0.29) is 23.4 Å². The highest BCUT2D eigenvalue weighted by molar-refractivity contribution is 5.85. The lowest BCUT2D eigenvalue weighted by Crippen LogP contribution is -2.43. The Balaban J connectivity index is 0.00000112. The summed E-state index contributed by atoms with van der Waals surface area (Å²) in [5.74, 6) is 0.304. The number of phenolic OH excluding ortho intramolecular Hbond substituents is 1. The van der Waals surface area contributed by atoms with Crippen molar-refractivity contribution in [2.75, 3.05) is 0 Å². The summed E-state index contributed by atoms with van der Waals surface area (Å²) in [6.07, 6.45) is 0.982. The lowest BCUT2D eigenvalue weighted by molar-refractivity contribution is 0.211. The Bertz CT molecular complexity index is 385. The number of fused-ring (bicyclic) bond motifs is 1. The van der Waals surface area contributed by atoms with Gasteiger partial charge in [0.1, 0.15) is 5.75 Å². The number of aromatic hydroxyl groups is 1. The minimum atomic E-state index is -0.346. The van der Waals surface area contributed by atoms with Gasteiger partial charge < -0.3 is 10.8 Å². The van der Waals surface area contributed by atoms with E-state index in [2.05, 4.69) is 13.8 Å². The summed E-state index contributed by atoms with van der Waals surface area (Å²) in [6, 6.07) is 5.50. The molecule has 2 nitrogen and oxygen atoms in total. The van der Waals surface area contributed by atoms with Gasteiger partial charge >= 0.3 is 0 Å². The topological polar surface area (TPSA) is 46.2 Å². The third-order valence-electron chi connectivity index (χ3n) is 3.69. The molecule has 1 atom stereocenters. The van der Waals surface area contributed by atoms with E-state index in [0.29, 0.717) is 5.75 Å². The molecule has 0 amide bonds. The van der Waals surface area contributed by atoms with E-state index in [0.717, 1.165) is 12.0 Å². The van der Waals surface area contributed by atoms with Crippen LogP contribution in [-0.4, -0.2) is 5.11 Å². The average molecular weight is 228 g/mol. The molecular formula is C12H18ClNO. The molecule has 0 bridgehead atoms. The Hall–Kier alpha value is -0.730. The second kappa shape index (κ2) is 3.39. The van der Waals surface area contributed by atoms with E-state index in [1.165, 1.54) is 5.56 Å². The van der Waals surface area contributed by atoms with Crippen molar-refractivity contribution in [2.45, 2.75) is 32.7 Å². The van der Waals surface area contributed by atoms with E-state index < -0.39 is 0 Å². The van der Waals surface area contributed by atoms with Crippen LogP contribution in [0.5, 0.6) is 5.75 Å². The van der Waals surface area contributed by atoms with Gasteiger partial charge in [0.2, 0.25) is 0 Å². The summed E-state index contributed by atoms with van der Waals surface area (Å²) < 4.78 is 0. The zero-order valence-electron chi connectivity index (χ0n) is 9.37. The fourth-order valence-corrected chi connectivity index (χ4v) is 2.23. The molecule has 0 heterocycles. The zero-order valence-corrected chi connectivity index (χ0v) is 10.2. The molecule has 0 saturated carbocycles. The molecular weight excluding hydrogens is 210 g/mol. The molecule has 0 aromatic heterocycles. The van der Waals surface area contributed by atoms with E-state index >= 15 is 0 Å². The van der Waals surface area contributed by atoms with Crippen LogP contribution in [0.1, 0.15) is 31.9 Å². The van der Waals surface area contributed by atoms with Gasteiger partial charge in [-0.1, -0.05) is 19.9 Å². The number of phenols is 1. The van der Waals surface area contributed by atoms with Crippen molar-refractivity contribution in [1.82, 2.24) is 0 Å². The number of hydrogen-bond acceptors (Lipinski definition) is 2. The van der Waals surface area contributed by atoms with Gasteiger partial charge in [-0.3, -0.25) is 0 Å². The minimum absolute atomic E-state index is 0. The van der Waals surface area contributed by atoms with Crippen LogP contribution >= 0.6 is 12.4 Å². The Morgan fingerprint density at radius 3 is 2.47 bits per heavy atom. The Morgan fingerprint density at radius 2 is 1.87 bits per heavy atom. The molecule has 2 rings (SSSR count). The number of benzene rings is 1. The van der Waals surface area contributed by atoms with Gasteiger partial charge in [-0.25, -0.2) is 0 Å². The molecule has 1 aromatic rings. The van der Waals surface area contributed by atoms with Crippen LogP contribution in [0.15, 0.2) is 18.2 Å². The molecule has 84 valence electrons. The number of rotatable bonds is 0. The number of nitrogens with two attached hydrogens (primary N) is 1. The molecule has 0 radical (unpaired) electrons. The summed E-state index contributed by atoms with van der Waals surface area (Å²) >= 11 is 0. The first-order chi connectivity index (χ1) is 6.34. The molecule has 1 aliphatic carbocycles. The highest BCUT2D eigenvalue weighted by atomic mass is 35.5. The van der Waals surface area contributed by atoms with Crippen molar-refractivity contribution < 1.29 is 5.11 Å². The highest BCUT2D eigenvalue weighted by Crippen LogP contribution is 2.48. The standard InChI is InChI=1S/C12H17NO.ClH/c1-11(2)7-8-4-5-9(14)6-10(8)12(11,3)13;/h4-6,14H,7,13H2,1-3H3;1H. The SMILES string of the molecule is CC1(C)Cc2ccc(O)cc2C1(C)N.Cl. The maximum Gasteiger partial charge on any atom is 0.115 e. The van der Waals surface area contributed by atoms with Gasteiger partial charge in [-0.15, -0.1) is 12.4 Å². The fourth-order valence-electron chi connectivity index (χ4n) is 2.23. The summed E-state index contributed by atoms with van der Waals surface area (Å²) in [5, 5.41) is 9.44. The largest absolute Gasteiger partial charge is 0.508 e. The molecule has 0 fully saturated rings. The lowest BCUT2D eigenvalue weighted by atomic mass is 9.75. The molecule has 3 heteroatoms. The summed E-state index contributed by atoms with van der Waals surface area (Å²) in [6.45, 7) is 6.38. The molecule has 0 spiro atoms. The summed E-state index contributed by atoms with van der Waals surface area (Å²) in [7, 11) is 0. The molecule has 15 heavy (non-hydrogen) atoms. The van der Waals surface area contributed by atoms with Crippen molar-refractivity contribution in [2.24, 2.45) is 11.1 Å². The van der Waals surface area contributed by atoms with Gasteiger partial charge in [0, 0.05) is 5.54 Å². The van der Waals surface area contributed by atoms with Crippen molar-refractivity contribution in [1.29, 1.82) is 0 Å². The molecule has 0 saturated heterocycles. The number of halogens is 1. The normalized spacial score (nSPS) is 26.9. The maximum atomic E-state index is 9.44. The van der Waals surface area contributed by atoms with Crippen LogP contribution in [0.25, 0.3) is 0 Å². The minimum Gasteiger partial charge on any atom is -0.508 e. The lowest BCUT2D eigenvalue weighted by Gasteiger charge is -2.35. The monoisotopic (exact) mass is 227 g/mol. The quantitative estimate of drug-likeness (QED) is 0.716. The second-order valence-corrected chi connectivity index (χ2v) is 5.10. The maximum absolute atomic E-state index is 9.44. The second-order valence-electron chi connectivity index (χ2n) is 5.10. The van der Waals surface area contributed by atoms with Crippen LogP contribution in [0, 0.1) is 5.41 Å². The Morgan fingerprint density at radius 1 is 1.27 bits per heavy atom. The first-order valence-corrected chi connectivity index (χ1v) is 4.96. The van der Waals surface area contributed by atoms with E-state index in [4.69, 9.17) is 5.73 Å². The van der Waals surface area contributed by atoms with Gasteiger partial charge in [-0.2, -0.15) is 0 Å². The predicted molar refractivity (Wildman–Crippen MR) is 64.4 cm³/mol. The van der Waals surface area contributed by atoms with Crippen molar-refractivity contribution in [3.8, 4) is 5.75 Å². The van der Waals surface area contributed by atoms with E-state index in [9.17, 15) is 5.11 Å². The highest BCUT2D eigenvalue weighted by Gasteiger charge is 2.46. The Kier molecular flexibility index (Phi) is 2.79. The summed E-state index contributed by atoms with van der Waals surface area (Å²) in [4.78, 5) is 0. The van der Waals surface area contributed by atoms with Gasteiger partial charge in [0.05, 0.1) is 0 Å². The van der Waals surface area contributed by atoms with Gasteiger partial charge in [-0.05, 0) is 42.0 Å².